The predicted octanol–water partition coefficient (Wildman–Crippen LogP) is -0.736. The van der Waals surface area contributed by atoms with Gasteiger partial charge in [0.05, 0.1) is 24.4 Å². The number of hydrogen-bond donors (Lipinski definition) is 7. The molecule has 0 spiro atoms. The van der Waals surface area contributed by atoms with Crippen LogP contribution in [0.5, 0.6) is 0 Å². The fraction of sp³-hybridized carbons (Fsp3) is 0.400. The summed E-state index contributed by atoms with van der Waals surface area (Å²) in [5, 5.41) is 60.2. The number of pyridine rings is 1. The van der Waals surface area contributed by atoms with Gasteiger partial charge in [0.15, 0.2) is 6.29 Å². The van der Waals surface area contributed by atoms with Crippen molar-refractivity contribution in [3.05, 3.63) is 41.7 Å². The van der Waals surface area contributed by atoms with E-state index in [9.17, 15) is 35.4 Å². The van der Waals surface area contributed by atoms with E-state index in [1.54, 1.807) is 24.3 Å². The van der Waals surface area contributed by atoms with Gasteiger partial charge >= 0.3 is 5.97 Å². The molecular formula is C20H22N2O9. The van der Waals surface area contributed by atoms with Crippen molar-refractivity contribution in [1.82, 2.24) is 9.97 Å². The zero-order chi connectivity index (χ0) is 22.3. The van der Waals surface area contributed by atoms with Gasteiger partial charge in [0.2, 0.25) is 0 Å². The number of fused-ring (bicyclic) bond motifs is 3. The molecule has 6 atom stereocenters. The van der Waals surface area contributed by atoms with Crippen molar-refractivity contribution in [2.75, 3.05) is 13.2 Å². The second-order valence-electron chi connectivity index (χ2n) is 7.30. The number of aromatic nitrogens is 2. The first-order valence-electron chi connectivity index (χ1n) is 9.57. The normalized spacial score (nSPS) is 27.6. The lowest BCUT2D eigenvalue weighted by Gasteiger charge is -2.40. The number of carbonyl (C=O) groups is 1. The topological polar surface area (TPSA) is 186 Å². The molecule has 0 unspecified atom stereocenters. The number of aliphatic hydroxyl groups excluding tert-OH is 5. The lowest BCUT2D eigenvalue weighted by Crippen LogP contribution is -2.59. The van der Waals surface area contributed by atoms with Gasteiger partial charge in [-0.1, -0.05) is 18.2 Å². The zero-order valence-corrected chi connectivity index (χ0v) is 16.1. The first-order chi connectivity index (χ1) is 14.8. The molecule has 3 aromatic rings. The summed E-state index contributed by atoms with van der Waals surface area (Å²) in [5.74, 6) is -1.28. The van der Waals surface area contributed by atoms with Crippen molar-refractivity contribution in [2.24, 2.45) is 0 Å². The van der Waals surface area contributed by atoms with E-state index in [4.69, 9.17) is 9.47 Å². The highest BCUT2D eigenvalue weighted by Crippen LogP contribution is 2.33. The quantitative estimate of drug-likeness (QED) is 0.261. The number of aromatic amines is 1. The minimum Gasteiger partial charge on any atom is -0.477 e. The summed E-state index contributed by atoms with van der Waals surface area (Å²) in [5.41, 5.74) is 0.927. The maximum Gasteiger partial charge on any atom is 0.354 e. The number of benzene rings is 1. The maximum atomic E-state index is 11.6. The molecule has 3 heterocycles. The first kappa shape index (κ1) is 21.6. The molecule has 0 amide bonds. The van der Waals surface area contributed by atoms with Gasteiger partial charge in [-0.05, 0) is 12.1 Å². The number of H-pyrrole nitrogens is 1. The lowest BCUT2D eigenvalue weighted by atomic mass is 9.99. The van der Waals surface area contributed by atoms with E-state index < -0.39 is 56.0 Å². The van der Waals surface area contributed by atoms with Crippen LogP contribution in [0.2, 0.25) is 0 Å². The van der Waals surface area contributed by atoms with Crippen molar-refractivity contribution in [1.29, 1.82) is 0 Å². The molecule has 7 N–H and O–H groups in total. The highest BCUT2D eigenvalue weighted by atomic mass is 16.7. The Balaban J connectivity index is 1.77. The summed E-state index contributed by atoms with van der Waals surface area (Å²) in [4.78, 5) is 18.9. The molecule has 11 nitrogen and oxygen atoms in total. The molecule has 1 aliphatic heterocycles. The molecular weight excluding hydrogens is 412 g/mol. The molecule has 0 aliphatic carbocycles. The molecule has 166 valence electrons. The van der Waals surface area contributed by atoms with Crippen LogP contribution in [-0.2, 0) is 9.47 Å². The Bertz CT molecular complexity index is 1100. The van der Waals surface area contributed by atoms with Crippen LogP contribution in [0.3, 0.4) is 0 Å². The van der Waals surface area contributed by atoms with Crippen LogP contribution < -0.4 is 0 Å². The molecule has 1 saturated heterocycles. The van der Waals surface area contributed by atoms with Crippen LogP contribution in [0, 0.1) is 0 Å². The van der Waals surface area contributed by atoms with Gasteiger partial charge in [0.25, 0.3) is 0 Å². The minimum atomic E-state index is -1.69. The molecule has 0 saturated carbocycles. The van der Waals surface area contributed by atoms with Gasteiger partial charge in [0.1, 0.15) is 36.2 Å². The monoisotopic (exact) mass is 434 g/mol. The number of aromatic carboxylic acids is 1. The fourth-order valence-corrected chi connectivity index (χ4v) is 3.75. The lowest BCUT2D eigenvalue weighted by molar-refractivity contribution is -0.314. The maximum absolute atomic E-state index is 11.6. The van der Waals surface area contributed by atoms with Gasteiger partial charge in [0, 0.05) is 16.3 Å². The first-order valence-corrected chi connectivity index (χ1v) is 9.57. The average molecular weight is 434 g/mol. The zero-order valence-electron chi connectivity index (χ0n) is 16.1. The average Bonchev–Trinajstić information content (AvgIpc) is 3.15. The molecule has 0 radical (unpaired) electrons. The van der Waals surface area contributed by atoms with E-state index in [0.717, 1.165) is 5.39 Å². The van der Waals surface area contributed by atoms with E-state index in [2.05, 4.69) is 9.97 Å². The van der Waals surface area contributed by atoms with E-state index in [1.807, 2.05) is 0 Å². The van der Waals surface area contributed by atoms with Gasteiger partial charge in [-0.3, -0.25) is 0 Å². The molecule has 4 rings (SSSR count). The van der Waals surface area contributed by atoms with Gasteiger partial charge < -0.3 is 45.1 Å². The van der Waals surface area contributed by atoms with E-state index in [0.29, 0.717) is 16.4 Å². The Kier molecular flexibility index (Phi) is 5.90. The summed E-state index contributed by atoms with van der Waals surface area (Å²) in [6.07, 6.45) is -8.90. The highest BCUT2D eigenvalue weighted by Gasteiger charge is 2.45. The number of rotatable bonds is 6. The smallest absolute Gasteiger partial charge is 0.354 e. The highest BCUT2D eigenvalue weighted by molar-refractivity contribution is 6.09. The fourth-order valence-electron chi connectivity index (χ4n) is 3.75. The molecule has 11 heteroatoms. The van der Waals surface area contributed by atoms with Gasteiger partial charge in [-0.25, -0.2) is 9.78 Å². The number of carboxylic acid groups (broad SMARTS) is 1. The van der Waals surface area contributed by atoms with Gasteiger partial charge in [-0.2, -0.15) is 0 Å². The van der Waals surface area contributed by atoms with Crippen molar-refractivity contribution in [3.63, 3.8) is 0 Å². The van der Waals surface area contributed by atoms with E-state index >= 15 is 0 Å². The van der Waals surface area contributed by atoms with Crippen LogP contribution in [0.1, 0.15) is 22.3 Å². The van der Waals surface area contributed by atoms with Crippen molar-refractivity contribution >= 4 is 27.8 Å². The summed E-state index contributed by atoms with van der Waals surface area (Å²) in [6.45, 7) is -1.30. The number of nitrogens with one attached hydrogen (secondary N) is 1. The Hall–Kier alpha value is -2.64. The van der Waals surface area contributed by atoms with Crippen LogP contribution in [0.15, 0.2) is 30.3 Å². The number of nitrogens with zero attached hydrogens (tertiary/aromatic N) is 1. The van der Waals surface area contributed by atoms with E-state index in [-0.39, 0.29) is 11.4 Å². The molecule has 31 heavy (non-hydrogen) atoms. The molecule has 2 aromatic heterocycles. The number of aliphatic hydroxyl groups is 5. The van der Waals surface area contributed by atoms with Crippen LogP contribution >= 0.6 is 0 Å². The van der Waals surface area contributed by atoms with Crippen LogP contribution in [0.4, 0.5) is 0 Å². The third-order valence-corrected chi connectivity index (χ3v) is 5.36. The summed E-state index contributed by atoms with van der Waals surface area (Å²) >= 11 is 0. The Morgan fingerprint density at radius 3 is 2.55 bits per heavy atom. The number of carboxylic acids is 1. The third kappa shape index (κ3) is 3.77. The third-order valence-electron chi connectivity index (χ3n) is 5.36. The number of ether oxygens (including phenoxy) is 2. The summed E-state index contributed by atoms with van der Waals surface area (Å²) in [7, 11) is 0. The Labute approximate surface area is 175 Å². The second kappa shape index (κ2) is 8.48. The van der Waals surface area contributed by atoms with Crippen molar-refractivity contribution < 1.29 is 44.9 Å². The van der Waals surface area contributed by atoms with Crippen molar-refractivity contribution in [2.45, 2.75) is 36.8 Å². The molecule has 1 aromatic carbocycles. The molecule has 0 bridgehead atoms. The number of hydrogen-bond acceptors (Lipinski definition) is 9. The molecule has 1 fully saturated rings. The SMILES string of the molecule is O=C(O)c1cc2c([nH]c3ccccc32)c([C@H](CO)O[C@@H]2O[C@H](CO)[C@@H](O)[C@H](O)[C@@H]2O)n1. The van der Waals surface area contributed by atoms with Crippen molar-refractivity contribution in [3.8, 4) is 0 Å². The second-order valence-corrected chi connectivity index (χ2v) is 7.30. The Morgan fingerprint density at radius 1 is 1.13 bits per heavy atom. The predicted molar refractivity (Wildman–Crippen MR) is 105 cm³/mol. The van der Waals surface area contributed by atoms with Crippen LogP contribution in [-0.4, -0.2) is 90.5 Å². The Morgan fingerprint density at radius 2 is 1.87 bits per heavy atom. The summed E-state index contributed by atoms with van der Waals surface area (Å²) in [6, 6.07) is 8.60. The molecule has 1 aliphatic rings. The standard InChI is InChI=1S/C20H22N2O9/c23-6-12(30-20-18(27)17(26)16(25)13(7-24)31-20)15-14-9(5-11(22-15)19(28)29)8-3-1-2-4-10(8)21-14/h1-5,12-13,16-18,20-21,23-27H,6-7H2,(H,28,29)/t12-,13+,16+,17-,18-,20+/m0/s1. The summed E-state index contributed by atoms with van der Waals surface area (Å²) < 4.78 is 11.0. The van der Waals surface area contributed by atoms with Gasteiger partial charge in [-0.15, -0.1) is 0 Å². The van der Waals surface area contributed by atoms with Crippen LogP contribution in [0.25, 0.3) is 21.8 Å². The largest absolute Gasteiger partial charge is 0.477 e. The van der Waals surface area contributed by atoms with E-state index in [1.165, 1.54) is 6.07 Å². The number of para-hydroxylation sites is 1. The minimum absolute atomic E-state index is 0.0607.